The summed E-state index contributed by atoms with van der Waals surface area (Å²) < 4.78 is 0. The number of nitrogens with one attached hydrogen (secondary N) is 1. The monoisotopic (exact) mass is 180 g/mol. The van der Waals surface area contributed by atoms with E-state index in [0.717, 1.165) is 5.56 Å². The van der Waals surface area contributed by atoms with Gasteiger partial charge in [-0.15, -0.1) is 0 Å². The zero-order valence-corrected chi connectivity index (χ0v) is 7.18. The van der Waals surface area contributed by atoms with Crippen LogP contribution in [0.15, 0.2) is 36.5 Å². The van der Waals surface area contributed by atoms with E-state index in [4.69, 9.17) is 22.7 Å². The Balaban J connectivity index is 2.96. The number of hydrogen-bond acceptors (Lipinski definition) is 2. The molecule has 0 unspecified atom stereocenters. The molecule has 1 aromatic rings. The van der Waals surface area contributed by atoms with Crippen molar-refractivity contribution in [2.24, 2.45) is 5.73 Å². The van der Waals surface area contributed by atoms with E-state index in [2.05, 4.69) is 0 Å². The first-order chi connectivity index (χ1) is 5.74. The first-order valence-corrected chi connectivity index (χ1v) is 3.84. The SMILES string of the molecule is N=C(/C=C\N)c1cccc(Cl)c1. The summed E-state index contributed by atoms with van der Waals surface area (Å²) in [5, 5.41) is 8.13. The molecule has 0 saturated heterocycles. The predicted octanol–water partition coefficient (Wildman–Crippen LogP) is 2.18. The summed E-state index contributed by atoms with van der Waals surface area (Å²) in [6.45, 7) is 0. The molecular formula is C9H9ClN2. The summed E-state index contributed by atoms with van der Waals surface area (Å²) in [7, 11) is 0. The highest BCUT2D eigenvalue weighted by Crippen LogP contribution is 2.11. The van der Waals surface area contributed by atoms with Crippen LogP contribution in [-0.2, 0) is 0 Å². The molecule has 0 spiro atoms. The number of rotatable bonds is 2. The zero-order chi connectivity index (χ0) is 8.97. The molecule has 2 nitrogen and oxygen atoms in total. The van der Waals surface area contributed by atoms with Gasteiger partial charge in [-0.2, -0.15) is 0 Å². The third-order valence-electron chi connectivity index (χ3n) is 1.40. The van der Waals surface area contributed by atoms with E-state index in [1.54, 1.807) is 18.2 Å². The molecule has 0 atom stereocenters. The minimum Gasteiger partial charge on any atom is -0.405 e. The highest BCUT2D eigenvalue weighted by molar-refractivity contribution is 6.31. The maximum atomic E-state index is 7.50. The fourth-order valence-electron chi connectivity index (χ4n) is 0.848. The first kappa shape index (κ1) is 8.81. The Morgan fingerprint density at radius 3 is 2.83 bits per heavy atom. The van der Waals surface area contributed by atoms with Crippen LogP contribution < -0.4 is 5.73 Å². The molecule has 1 aromatic carbocycles. The molecule has 12 heavy (non-hydrogen) atoms. The topological polar surface area (TPSA) is 49.9 Å². The summed E-state index contributed by atoms with van der Waals surface area (Å²) in [5.74, 6) is 0. The minimum atomic E-state index is 0.361. The van der Waals surface area contributed by atoms with Gasteiger partial charge in [-0.1, -0.05) is 23.7 Å². The van der Waals surface area contributed by atoms with Crippen LogP contribution in [-0.4, -0.2) is 5.71 Å². The van der Waals surface area contributed by atoms with Crippen LogP contribution in [0.3, 0.4) is 0 Å². The minimum absolute atomic E-state index is 0.361. The average molecular weight is 181 g/mol. The molecule has 0 fully saturated rings. The van der Waals surface area contributed by atoms with Crippen molar-refractivity contribution in [1.82, 2.24) is 0 Å². The third-order valence-corrected chi connectivity index (χ3v) is 1.63. The standard InChI is InChI=1S/C9H9ClN2/c10-8-3-1-2-7(6-8)9(12)4-5-11/h1-6,12H,11H2/b5-4-,12-9?. The first-order valence-electron chi connectivity index (χ1n) is 3.47. The Morgan fingerprint density at radius 1 is 1.50 bits per heavy atom. The van der Waals surface area contributed by atoms with Crippen molar-refractivity contribution in [3.8, 4) is 0 Å². The Morgan fingerprint density at radius 2 is 2.25 bits per heavy atom. The second kappa shape index (κ2) is 3.93. The van der Waals surface area contributed by atoms with E-state index >= 15 is 0 Å². The van der Waals surface area contributed by atoms with Crippen molar-refractivity contribution in [2.75, 3.05) is 0 Å². The molecule has 3 heteroatoms. The van der Waals surface area contributed by atoms with Crippen LogP contribution in [0.25, 0.3) is 0 Å². The highest BCUT2D eigenvalue weighted by Gasteiger charge is 1.96. The normalized spacial score (nSPS) is 10.4. The molecule has 0 aliphatic heterocycles. The van der Waals surface area contributed by atoms with E-state index in [9.17, 15) is 0 Å². The van der Waals surface area contributed by atoms with Gasteiger partial charge in [0.1, 0.15) is 0 Å². The van der Waals surface area contributed by atoms with Crippen LogP contribution in [0.2, 0.25) is 5.02 Å². The Hall–Kier alpha value is -1.28. The molecule has 0 aromatic heterocycles. The van der Waals surface area contributed by atoms with Crippen LogP contribution in [0, 0.1) is 5.41 Å². The van der Waals surface area contributed by atoms with Gasteiger partial charge in [0.2, 0.25) is 0 Å². The molecule has 0 amide bonds. The van der Waals surface area contributed by atoms with Crippen molar-refractivity contribution < 1.29 is 0 Å². The van der Waals surface area contributed by atoms with Crippen molar-refractivity contribution in [1.29, 1.82) is 5.41 Å². The Labute approximate surface area is 76.2 Å². The van der Waals surface area contributed by atoms with Crippen LogP contribution >= 0.6 is 11.6 Å². The van der Waals surface area contributed by atoms with E-state index in [-0.39, 0.29) is 0 Å². The number of nitrogens with two attached hydrogens (primary N) is 1. The molecule has 1 rings (SSSR count). The number of allylic oxidation sites excluding steroid dienone is 1. The summed E-state index contributed by atoms with van der Waals surface area (Å²) in [6, 6.07) is 7.11. The van der Waals surface area contributed by atoms with Crippen molar-refractivity contribution in [2.45, 2.75) is 0 Å². The molecule has 62 valence electrons. The lowest BCUT2D eigenvalue weighted by Gasteiger charge is -1.97. The summed E-state index contributed by atoms with van der Waals surface area (Å²) in [6.07, 6.45) is 2.86. The van der Waals surface area contributed by atoms with E-state index in [1.807, 2.05) is 6.07 Å². The average Bonchev–Trinajstić information content (AvgIpc) is 2.05. The highest BCUT2D eigenvalue weighted by atomic mass is 35.5. The zero-order valence-electron chi connectivity index (χ0n) is 6.42. The summed E-state index contributed by atoms with van der Waals surface area (Å²) >= 11 is 5.74. The maximum absolute atomic E-state index is 7.50. The van der Waals surface area contributed by atoms with Gasteiger partial charge in [-0.3, -0.25) is 0 Å². The van der Waals surface area contributed by atoms with Gasteiger partial charge in [-0.05, 0) is 24.4 Å². The van der Waals surface area contributed by atoms with Crippen molar-refractivity contribution in [3.05, 3.63) is 47.1 Å². The lowest BCUT2D eigenvalue weighted by Crippen LogP contribution is -1.95. The molecular weight excluding hydrogens is 172 g/mol. The largest absolute Gasteiger partial charge is 0.405 e. The van der Waals surface area contributed by atoms with E-state index < -0.39 is 0 Å². The lowest BCUT2D eigenvalue weighted by atomic mass is 10.1. The smallest absolute Gasteiger partial charge is 0.0627 e. The second-order valence-corrected chi connectivity index (χ2v) is 2.72. The summed E-state index contributed by atoms with van der Waals surface area (Å²) in [4.78, 5) is 0. The molecule has 0 aliphatic carbocycles. The van der Waals surface area contributed by atoms with Gasteiger partial charge < -0.3 is 11.1 Å². The molecule has 0 aliphatic rings. The van der Waals surface area contributed by atoms with Crippen molar-refractivity contribution >= 4 is 17.3 Å². The third kappa shape index (κ3) is 2.10. The van der Waals surface area contributed by atoms with Gasteiger partial charge in [0.05, 0.1) is 5.71 Å². The van der Waals surface area contributed by atoms with Gasteiger partial charge >= 0.3 is 0 Å². The van der Waals surface area contributed by atoms with Crippen LogP contribution in [0.1, 0.15) is 5.56 Å². The van der Waals surface area contributed by atoms with Crippen molar-refractivity contribution in [3.63, 3.8) is 0 Å². The van der Waals surface area contributed by atoms with E-state index in [0.29, 0.717) is 10.7 Å². The van der Waals surface area contributed by atoms with E-state index in [1.165, 1.54) is 12.3 Å². The second-order valence-electron chi connectivity index (χ2n) is 2.28. The van der Waals surface area contributed by atoms with Crippen LogP contribution in [0.4, 0.5) is 0 Å². The van der Waals surface area contributed by atoms with Crippen LogP contribution in [0.5, 0.6) is 0 Å². The fourth-order valence-corrected chi connectivity index (χ4v) is 1.04. The fraction of sp³-hybridized carbons (Fsp3) is 0. The van der Waals surface area contributed by atoms with Gasteiger partial charge in [0.25, 0.3) is 0 Å². The molecule has 0 heterocycles. The van der Waals surface area contributed by atoms with Gasteiger partial charge in [0.15, 0.2) is 0 Å². The molecule has 3 N–H and O–H groups in total. The number of benzene rings is 1. The summed E-state index contributed by atoms with van der Waals surface area (Å²) in [5.41, 5.74) is 6.28. The van der Waals surface area contributed by atoms with Gasteiger partial charge in [0, 0.05) is 10.6 Å². The maximum Gasteiger partial charge on any atom is 0.0627 e. The molecule has 0 saturated carbocycles. The van der Waals surface area contributed by atoms with Gasteiger partial charge in [-0.25, -0.2) is 0 Å². The molecule has 0 radical (unpaired) electrons. The predicted molar refractivity (Wildman–Crippen MR) is 51.6 cm³/mol. The Bertz CT molecular complexity index is 318. The molecule has 0 bridgehead atoms. The quantitative estimate of drug-likeness (QED) is 0.674. The number of hydrogen-bond donors (Lipinski definition) is 2. The Kier molecular flexibility index (Phi) is 2.88. The number of halogens is 1. The lowest BCUT2D eigenvalue weighted by molar-refractivity contribution is 1.48.